The van der Waals surface area contributed by atoms with Crippen LogP contribution in [-0.4, -0.2) is 12.6 Å². The zero-order chi connectivity index (χ0) is 13.3. The Hall–Kier alpha value is -1.66. The molecule has 0 spiro atoms. The molecule has 0 aliphatic heterocycles. The molecule has 0 unspecified atom stereocenters. The molecule has 0 bridgehead atoms. The number of hydrogen-bond acceptors (Lipinski definition) is 1. The van der Waals surface area contributed by atoms with Crippen LogP contribution in [0.4, 0.5) is 32.0 Å². The SMILES string of the molecule is C=Cc1ccc(N(C(F)(F)F)C(F)(F)F)cc1. The molecule has 1 aromatic rings. The van der Waals surface area contributed by atoms with Crippen molar-refractivity contribution in [3.05, 3.63) is 36.4 Å². The lowest BCUT2D eigenvalue weighted by Crippen LogP contribution is -2.48. The quantitative estimate of drug-likeness (QED) is 0.566. The monoisotopic (exact) mass is 255 g/mol. The molecule has 0 N–H and O–H groups in total. The Morgan fingerprint density at radius 3 is 1.59 bits per heavy atom. The van der Waals surface area contributed by atoms with E-state index in [9.17, 15) is 26.3 Å². The molecule has 0 saturated heterocycles. The Bertz CT molecular complexity index is 375. The minimum atomic E-state index is -5.52. The highest BCUT2D eigenvalue weighted by Gasteiger charge is 2.53. The summed E-state index contributed by atoms with van der Waals surface area (Å²) in [5.74, 6) is 0. The van der Waals surface area contributed by atoms with Gasteiger partial charge < -0.3 is 0 Å². The van der Waals surface area contributed by atoms with Gasteiger partial charge in [-0.1, -0.05) is 24.8 Å². The smallest absolute Gasteiger partial charge is 0.194 e. The van der Waals surface area contributed by atoms with E-state index in [-0.39, 0.29) is 0 Å². The van der Waals surface area contributed by atoms with Crippen molar-refractivity contribution in [3.8, 4) is 0 Å². The molecule has 0 saturated carbocycles. The largest absolute Gasteiger partial charge is 0.491 e. The molecule has 0 aromatic heterocycles. The van der Waals surface area contributed by atoms with Gasteiger partial charge in [-0.3, -0.25) is 0 Å². The van der Waals surface area contributed by atoms with Crippen LogP contribution in [0.5, 0.6) is 0 Å². The molecule has 94 valence electrons. The highest BCUT2D eigenvalue weighted by Crippen LogP contribution is 2.38. The predicted octanol–water partition coefficient (Wildman–Crippen LogP) is 4.18. The van der Waals surface area contributed by atoms with Gasteiger partial charge in [-0.25, -0.2) is 0 Å². The van der Waals surface area contributed by atoms with E-state index >= 15 is 0 Å². The van der Waals surface area contributed by atoms with E-state index in [1.165, 1.54) is 6.08 Å². The molecule has 17 heavy (non-hydrogen) atoms. The molecule has 0 aliphatic rings. The summed E-state index contributed by atoms with van der Waals surface area (Å²) < 4.78 is 73.6. The molecule has 1 nitrogen and oxygen atoms in total. The van der Waals surface area contributed by atoms with Gasteiger partial charge in [0.1, 0.15) is 0 Å². The highest BCUT2D eigenvalue weighted by atomic mass is 19.4. The van der Waals surface area contributed by atoms with Crippen molar-refractivity contribution in [2.24, 2.45) is 0 Å². The van der Waals surface area contributed by atoms with Gasteiger partial charge in [0.15, 0.2) is 0 Å². The van der Waals surface area contributed by atoms with Gasteiger partial charge >= 0.3 is 12.6 Å². The van der Waals surface area contributed by atoms with Crippen molar-refractivity contribution in [2.75, 3.05) is 4.90 Å². The Balaban J connectivity index is 3.19. The first-order valence-electron chi connectivity index (χ1n) is 4.32. The maximum Gasteiger partial charge on any atom is 0.491 e. The van der Waals surface area contributed by atoms with Crippen molar-refractivity contribution in [1.82, 2.24) is 0 Å². The fraction of sp³-hybridized carbons (Fsp3) is 0.200. The standard InChI is InChI=1S/C10H7F6N/c1-2-7-3-5-8(6-4-7)17(9(11,12)13)10(14,15)16/h2-6H,1H2. The molecule has 0 fully saturated rings. The van der Waals surface area contributed by atoms with E-state index in [1.54, 1.807) is 0 Å². The number of anilines is 1. The molecule has 0 heterocycles. The van der Waals surface area contributed by atoms with Gasteiger partial charge in [0, 0.05) is 0 Å². The van der Waals surface area contributed by atoms with Crippen LogP contribution < -0.4 is 4.90 Å². The first-order chi connectivity index (χ1) is 7.66. The summed E-state index contributed by atoms with van der Waals surface area (Å²) in [7, 11) is 0. The average molecular weight is 255 g/mol. The maximum atomic E-state index is 12.3. The summed E-state index contributed by atoms with van der Waals surface area (Å²) >= 11 is 0. The fourth-order valence-electron chi connectivity index (χ4n) is 1.20. The van der Waals surface area contributed by atoms with Gasteiger partial charge in [-0.15, -0.1) is 26.3 Å². The second kappa shape index (κ2) is 4.31. The van der Waals surface area contributed by atoms with Crippen LogP contribution in [0.25, 0.3) is 6.08 Å². The van der Waals surface area contributed by atoms with Crippen LogP contribution in [0.1, 0.15) is 5.56 Å². The van der Waals surface area contributed by atoms with Gasteiger partial charge in [-0.05, 0) is 17.7 Å². The number of benzene rings is 1. The number of alkyl halides is 6. The molecule has 0 radical (unpaired) electrons. The van der Waals surface area contributed by atoms with Crippen molar-refractivity contribution in [2.45, 2.75) is 12.6 Å². The van der Waals surface area contributed by atoms with Crippen molar-refractivity contribution in [1.29, 1.82) is 0 Å². The Labute approximate surface area is 93.0 Å². The van der Waals surface area contributed by atoms with E-state index in [2.05, 4.69) is 6.58 Å². The molecule has 0 amide bonds. The van der Waals surface area contributed by atoms with Crippen molar-refractivity contribution >= 4 is 11.8 Å². The van der Waals surface area contributed by atoms with Crippen LogP contribution in [0.15, 0.2) is 30.8 Å². The second-order valence-electron chi connectivity index (χ2n) is 3.07. The van der Waals surface area contributed by atoms with Gasteiger partial charge in [0.2, 0.25) is 0 Å². The van der Waals surface area contributed by atoms with E-state index in [4.69, 9.17) is 0 Å². The highest BCUT2D eigenvalue weighted by molar-refractivity contribution is 5.55. The van der Waals surface area contributed by atoms with E-state index < -0.39 is 23.2 Å². The normalized spacial score (nSPS) is 12.4. The molecule has 0 aliphatic carbocycles. The van der Waals surface area contributed by atoms with E-state index in [0.29, 0.717) is 5.56 Å². The van der Waals surface area contributed by atoms with Gasteiger partial charge in [0.05, 0.1) is 5.69 Å². The lowest BCUT2D eigenvalue weighted by atomic mass is 10.2. The zero-order valence-electron chi connectivity index (χ0n) is 8.31. The lowest BCUT2D eigenvalue weighted by Gasteiger charge is -2.28. The molecular weight excluding hydrogens is 248 g/mol. The molecular formula is C10H7F6N. The predicted molar refractivity (Wildman–Crippen MR) is 51.1 cm³/mol. The number of halogens is 6. The van der Waals surface area contributed by atoms with Crippen LogP contribution in [0.3, 0.4) is 0 Å². The first-order valence-corrected chi connectivity index (χ1v) is 4.32. The molecule has 1 aromatic carbocycles. The lowest BCUT2D eigenvalue weighted by molar-refractivity contribution is -0.226. The first kappa shape index (κ1) is 13.4. The number of rotatable bonds is 2. The summed E-state index contributed by atoms with van der Waals surface area (Å²) in [6.45, 7) is 3.34. The van der Waals surface area contributed by atoms with Crippen molar-refractivity contribution < 1.29 is 26.3 Å². The molecule has 7 heteroatoms. The number of nitrogens with zero attached hydrogens (tertiary/aromatic N) is 1. The van der Waals surface area contributed by atoms with E-state index in [1.807, 2.05) is 0 Å². The van der Waals surface area contributed by atoms with Crippen molar-refractivity contribution in [3.63, 3.8) is 0 Å². The van der Waals surface area contributed by atoms with Gasteiger partial charge in [0.25, 0.3) is 0 Å². The second-order valence-corrected chi connectivity index (χ2v) is 3.07. The third-order valence-electron chi connectivity index (χ3n) is 1.89. The minimum absolute atomic E-state index is 0.429. The third-order valence-corrected chi connectivity index (χ3v) is 1.89. The number of hydrogen-bond donors (Lipinski definition) is 0. The summed E-state index contributed by atoms with van der Waals surface area (Å²) in [6.07, 6.45) is -9.73. The van der Waals surface area contributed by atoms with E-state index in [0.717, 1.165) is 24.3 Å². The zero-order valence-corrected chi connectivity index (χ0v) is 8.31. The maximum absolute atomic E-state index is 12.3. The summed E-state index contributed by atoms with van der Waals surface area (Å²) in [5.41, 5.74) is -0.561. The molecule has 0 atom stereocenters. The van der Waals surface area contributed by atoms with Crippen LogP contribution >= 0.6 is 0 Å². The Kier molecular flexibility index (Phi) is 3.40. The average Bonchev–Trinajstić information content (AvgIpc) is 2.14. The van der Waals surface area contributed by atoms with Gasteiger partial charge in [-0.2, -0.15) is 4.90 Å². The topological polar surface area (TPSA) is 3.24 Å². The summed E-state index contributed by atoms with van der Waals surface area (Å²) in [6, 6.07) is 3.70. The Morgan fingerprint density at radius 1 is 0.882 bits per heavy atom. The molecule has 1 rings (SSSR count). The van der Waals surface area contributed by atoms with Crippen LogP contribution in [0.2, 0.25) is 0 Å². The van der Waals surface area contributed by atoms with Crippen LogP contribution in [0, 0.1) is 0 Å². The summed E-state index contributed by atoms with van der Waals surface area (Å²) in [4.78, 5) is -1.55. The third kappa shape index (κ3) is 3.15. The Morgan fingerprint density at radius 2 is 1.29 bits per heavy atom. The fourth-order valence-corrected chi connectivity index (χ4v) is 1.20. The minimum Gasteiger partial charge on any atom is -0.194 e. The summed E-state index contributed by atoms with van der Waals surface area (Å²) in [5, 5.41) is 0. The van der Waals surface area contributed by atoms with Crippen LogP contribution in [-0.2, 0) is 0 Å².